The molecule has 214 valence electrons. The third kappa shape index (κ3) is 5.81. The van der Waals surface area contributed by atoms with E-state index < -0.39 is 11.6 Å². The Morgan fingerprint density at radius 2 is 1.45 bits per heavy atom. The Labute approximate surface area is 247 Å². The zero-order chi connectivity index (χ0) is 28.8. The van der Waals surface area contributed by atoms with Crippen LogP contribution in [0.2, 0.25) is 0 Å². The summed E-state index contributed by atoms with van der Waals surface area (Å²) in [6.07, 6.45) is 2.41. The van der Waals surface area contributed by atoms with Gasteiger partial charge in [0.05, 0.1) is 6.61 Å². The molecule has 6 heteroatoms. The molecule has 2 heterocycles. The topological polar surface area (TPSA) is 71.4 Å². The lowest BCUT2D eigenvalue weighted by Gasteiger charge is -2.34. The van der Waals surface area contributed by atoms with Crippen molar-refractivity contribution in [2.45, 2.75) is 37.3 Å². The first-order chi connectivity index (χ1) is 20.7. The lowest BCUT2D eigenvalue weighted by Crippen LogP contribution is -2.50. The Hall–Kier alpha value is -4.42. The van der Waals surface area contributed by atoms with E-state index >= 15 is 0 Å². The van der Waals surface area contributed by atoms with Gasteiger partial charge in [0, 0.05) is 38.1 Å². The van der Waals surface area contributed by atoms with Crippen molar-refractivity contribution >= 4 is 11.8 Å². The van der Waals surface area contributed by atoms with Crippen LogP contribution < -0.4 is 4.74 Å². The number of aliphatic hydroxyl groups excluding tert-OH is 1. The normalized spacial score (nSPS) is 19.8. The molecule has 0 radical (unpaired) electrons. The number of likely N-dealkylation sites (tertiary alicyclic amines) is 1. The highest BCUT2D eigenvalue weighted by Gasteiger charge is 2.55. The number of hydrogen-bond donors (Lipinski definition) is 1. The molecule has 0 aliphatic carbocycles. The second-order valence-electron chi connectivity index (χ2n) is 10.9. The summed E-state index contributed by atoms with van der Waals surface area (Å²) < 4.78 is 12.4. The first-order valence-electron chi connectivity index (χ1n) is 14.8. The van der Waals surface area contributed by atoms with Gasteiger partial charge in [0.1, 0.15) is 5.75 Å². The van der Waals surface area contributed by atoms with Crippen molar-refractivity contribution in [3.05, 3.63) is 126 Å². The highest BCUT2D eigenvalue weighted by atomic mass is 16.5. The fourth-order valence-corrected chi connectivity index (χ4v) is 5.85. The zero-order valence-electron chi connectivity index (χ0n) is 23.7. The number of carbonyl (C=O) groups excluding carboxylic acids is 1. The van der Waals surface area contributed by atoms with Gasteiger partial charge >= 0.3 is 0 Å². The predicted molar refractivity (Wildman–Crippen MR) is 165 cm³/mol. The Morgan fingerprint density at radius 3 is 2.12 bits per heavy atom. The van der Waals surface area contributed by atoms with Crippen LogP contribution in [0.1, 0.15) is 42.1 Å². The van der Waals surface area contributed by atoms with Crippen molar-refractivity contribution < 1.29 is 19.4 Å². The molecule has 2 aliphatic rings. The molecule has 1 amide bonds. The Balaban J connectivity index is 1.40. The van der Waals surface area contributed by atoms with Crippen LogP contribution in [0.15, 0.2) is 114 Å². The molecule has 2 aliphatic heterocycles. The van der Waals surface area contributed by atoms with Crippen LogP contribution in [-0.2, 0) is 16.0 Å². The third-order valence-electron chi connectivity index (χ3n) is 8.04. The molecular weight excluding hydrogens is 524 g/mol. The van der Waals surface area contributed by atoms with Gasteiger partial charge in [-0.25, -0.2) is 4.99 Å². The number of aliphatic imine (C=N–C) groups is 1. The summed E-state index contributed by atoms with van der Waals surface area (Å²) in [7, 11) is 0. The van der Waals surface area contributed by atoms with E-state index in [4.69, 9.17) is 19.6 Å². The lowest BCUT2D eigenvalue weighted by molar-refractivity contribution is -0.138. The van der Waals surface area contributed by atoms with E-state index in [1.807, 2.05) is 65.6 Å². The summed E-state index contributed by atoms with van der Waals surface area (Å²) in [5, 5.41) is 9.06. The average Bonchev–Trinajstić information content (AvgIpc) is 3.72. The minimum Gasteiger partial charge on any atom is -0.494 e. The molecule has 4 aromatic rings. The van der Waals surface area contributed by atoms with Gasteiger partial charge in [-0.2, -0.15) is 0 Å². The molecule has 6 rings (SSSR count). The summed E-state index contributed by atoms with van der Waals surface area (Å²) in [5.74, 6) is 1.18. The van der Waals surface area contributed by atoms with Gasteiger partial charge in [0.15, 0.2) is 11.6 Å². The van der Waals surface area contributed by atoms with Crippen molar-refractivity contribution in [1.29, 1.82) is 0 Å². The number of carbonyl (C=O) groups is 1. The molecule has 0 saturated carbocycles. The second-order valence-corrected chi connectivity index (χ2v) is 10.9. The monoisotopic (exact) mass is 560 g/mol. The highest BCUT2D eigenvalue weighted by molar-refractivity contribution is 6.01. The van der Waals surface area contributed by atoms with E-state index in [0.29, 0.717) is 31.1 Å². The fraction of sp³-hybridized carbons (Fsp3) is 0.278. The highest BCUT2D eigenvalue weighted by Crippen LogP contribution is 2.44. The quantitative estimate of drug-likeness (QED) is 0.233. The molecule has 4 aromatic carbocycles. The van der Waals surface area contributed by atoms with Crippen molar-refractivity contribution in [2.24, 2.45) is 4.99 Å². The van der Waals surface area contributed by atoms with E-state index in [0.717, 1.165) is 53.7 Å². The van der Waals surface area contributed by atoms with Gasteiger partial charge in [-0.15, -0.1) is 0 Å². The van der Waals surface area contributed by atoms with Crippen molar-refractivity contribution in [3.63, 3.8) is 0 Å². The van der Waals surface area contributed by atoms with Gasteiger partial charge in [-0.05, 0) is 59.4 Å². The Morgan fingerprint density at radius 1 is 0.833 bits per heavy atom. The smallest absolute Gasteiger partial charge is 0.255 e. The van der Waals surface area contributed by atoms with Crippen LogP contribution in [0.3, 0.4) is 0 Å². The standard InChI is InChI=1S/C36H36N2O4/c39-24-9-25-41-32-20-18-31(19-21-32)34-37-36(26-27-10-3-1-4-11-27,35(40)38-22-7-8-23-38)33(42-34)30-16-14-29(15-17-30)28-12-5-2-6-13-28/h1-6,10-21,33,39H,7-9,22-26H2/t33-,36-/m1/s1. The molecule has 0 unspecified atom stereocenters. The van der Waals surface area contributed by atoms with Crippen LogP contribution >= 0.6 is 0 Å². The number of nitrogens with zero attached hydrogens (tertiary/aromatic N) is 2. The third-order valence-corrected chi connectivity index (χ3v) is 8.04. The molecule has 2 atom stereocenters. The summed E-state index contributed by atoms with van der Waals surface area (Å²) in [4.78, 5) is 21.7. The average molecular weight is 561 g/mol. The van der Waals surface area contributed by atoms with Crippen molar-refractivity contribution in [2.75, 3.05) is 26.3 Å². The van der Waals surface area contributed by atoms with E-state index in [2.05, 4.69) is 48.5 Å². The fourth-order valence-electron chi connectivity index (χ4n) is 5.85. The van der Waals surface area contributed by atoms with E-state index in [9.17, 15) is 4.79 Å². The van der Waals surface area contributed by atoms with Crippen molar-refractivity contribution in [1.82, 2.24) is 4.90 Å². The summed E-state index contributed by atoms with van der Waals surface area (Å²) in [5.41, 5.74) is 3.84. The first kappa shape index (κ1) is 27.7. The van der Waals surface area contributed by atoms with Crippen LogP contribution in [-0.4, -0.2) is 53.7 Å². The molecule has 1 N–H and O–H groups in total. The molecule has 0 bridgehead atoms. The molecule has 0 spiro atoms. The van der Waals surface area contributed by atoms with Gasteiger partial charge in [0.2, 0.25) is 5.90 Å². The van der Waals surface area contributed by atoms with E-state index in [-0.39, 0.29) is 12.5 Å². The van der Waals surface area contributed by atoms with Crippen LogP contribution in [0.4, 0.5) is 0 Å². The van der Waals surface area contributed by atoms with Gasteiger partial charge < -0.3 is 19.5 Å². The molecule has 42 heavy (non-hydrogen) atoms. The minimum absolute atomic E-state index is 0.0138. The van der Waals surface area contributed by atoms with Gasteiger partial charge in [0.25, 0.3) is 5.91 Å². The lowest BCUT2D eigenvalue weighted by atomic mass is 9.81. The van der Waals surface area contributed by atoms with Gasteiger partial charge in [-0.1, -0.05) is 84.9 Å². The zero-order valence-corrected chi connectivity index (χ0v) is 23.7. The number of aliphatic hydroxyl groups is 1. The van der Waals surface area contributed by atoms with Gasteiger partial charge in [-0.3, -0.25) is 4.79 Å². The maximum atomic E-state index is 14.5. The molecule has 0 aromatic heterocycles. The number of benzene rings is 4. The Kier molecular flexibility index (Phi) is 8.33. The number of hydrogen-bond acceptors (Lipinski definition) is 5. The first-order valence-corrected chi connectivity index (χ1v) is 14.8. The number of amides is 1. The summed E-state index contributed by atoms with van der Waals surface area (Å²) >= 11 is 0. The number of ether oxygens (including phenoxy) is 2. The second kappa shape index (κ2) is 12.6. The molecular formula is C36H36N2O4. The minimum atomic E-state index is -1.15. The van der Waals surface area contributed by atoms with Crippen LogP contribution in [0.25, 0.3) is 11.1 Å². The SMILES string of the molecule is O=C(N1CCCC1)[C@]1(Cc2ccccc2)N=C(c2ccc(OCCCO)cc2)O[C@@H]1c1ccc(-c2ccccc2)cc1. The van der Waals surface area contributed by atoms with E-state index in [1.54, 1.807) is 0 Å². The maximum absolute atomic E-state index is 14.5. The van der Waals surface area contributed by atoms with Crippen LogP contribution in [0, 0.1) is 0 Å². The molecule has 1 fully saturated rings. The van der Waals surface area contributed by atoms with Crippen molar-refractivity contribution in [3.8, 4) is 16.9 Å². The predicted octanol–water partition coefficient (Wildman–Crippen LogP) is 6.24. The molecule has 6 nitrogen and oxygen atoms in total. The largest absolute Gasteiger partial charge is 0.494 e. The molecule has 1 saturated heterocycles. The maximum Gasteiger partial charge on any atom is 0.255 e. The Bertz CT molecular complexity index is 1500. The van der Waals surface area contributed by atoms with E-state index in [1.165, 1.54) is 0 Å². The van der Waals surface area contributed by atoms with Crippen LogP contribution in [0.5, 0.6) is 5.75 Å². The summed E-state index contributed by atoms with van der Waals surface area (Å²) in [6, 6.07) is 36.3. The number of rotatable bonds is 10. The summed E-state index contributed by atoms with van der Waals surface area (Å²) in [6.45, 7) is 2.00.